The van der Waals surface area contributed by atoms with Gasteiger partial charge in [0.15, 0.2) is 0 Å². The van der Waals surface area contributed by atoms with Crippen molar-refractivity contribution in [1.29, 1.82) is 0 Å². The van der Waals surface area contributed by atoms with Crippen LogP contribution in [0.5, 0.6) is 0 Å². The number of urea groups is 1. The number of nitrogens with one attached hydrogen (secondary N) is 2. The molecule has 6 heteroatoms. The summed E-state index contributed by atoms with van der Waals surface area (Å²) in [7, 11) is 0. The Kier molecular flexibility index (Phi) is 4.80. The molecule has 6 nitrogen and oxygen atoms in total. The maximum atomic E-state index is 11.9. The predicted octanol–water partition coefficient (Wildman–Crippen LogP) is 2.24. The smallest absolute Gasteiger partial charge is 0.336 e. The molecular weight excluding hydrogens is 272 g/mol. The highest BCUT2D eigenvalue weighted by Gasteiger charge is 2.24. The summed E-state index contributed by atoms with van der Waals surface area (Å²) in [5.41, 5.74) is 1.23. The number of carbonyl (C=O) groups is 2. The Bertz CT molecular complexity index is 544. The fourth-order valence-electron chi connectivity index (χ4n) is 2.44. The van der Waals surface area contributed by atoms with Crippen LogP contribution in [0.2, 0.25) is 0 Å². The number of ether oxygens (including phenoxy) is 1. The van der Waals surface area contributed by atoms with Gasteiger partial charge in [0.05, 0.1) is 11.7 Å². The molecular formula is C15H20N2O4. The molecule has 2 unspecified atom stereocenters. The van der Waals surface area contributed by atoms with E-state index in [-0.39, 0.29) is 17.7 Å². The number of hydrogen-bond donors (Lipinski definition) is 3. The summed E-state index contributed by atoms with van der Waals surface area (Å²) in [5.74, 6) is -0.685. The van der Waals surface area contributed by atoms with Crippen molar-refractivity contribution in [2.45, 2.75) is 26.4 Å². The highest BCUT2D eigenvalue weighted by Crippen LogP contribution is 2.20. The predicted molar refractivity (Wildman–Crippen MR) is 78.7 cm³/mol. The molecule has 114 valence electrons. The van der Waals surface area contributed by atoms with Crippen molar-refractivity contribution in [2.24, 2.45) is 5.92 Å². The third-order valence-electron chi connectivity index (χ3n) is 3.87. The number of benzene rings is 1. The number of carboxylic acid groups (broad SMARTS) is 1. The number of aromatic carboxylic acids is 1. The van der Waals surface area contributed by atoms with Crippen molar-refractivity contribution in [3.63, 3.8) is 0 Å². The topological polar surface area (TPSA) is 87.7 Å². The molecule has 0 aliphatic carbocycles. The van der Waals surface area contributed by atoms with Gasteiger partial charge >= 0.3 is 12.0 Å². The van der Waals surface area contributed by atoms with Gasteiger partial charge in [0.1, 0.15) is 0 Å². The molecule has 1 saturated heterocycles. The van der Waals surface area contributed by atoms with Gasteiger partial charge in [-0.15, -0.1) is 0 Å². The Labute approximate surface area is 123 Å². The lowest BCUT2D eigenvalue weighted by molar-refractivity contribution is 0.0696. The van der Waals surface area contributed by atoms with E-state index in [9.17, 15) is 9.59 Å². The Hall–Kier alpha value is -2.08. The SMILES string of the molecule is Cc1c(NC(=O)NCC2CCOC2C)cccc1C(=O)O. The third-order valence-corrected chi connectivity index (χ3v) is 3.87. The lowest BCUT2D eigenvalue weighted by Crippen LogP contribution is -2.35. The highest BCUT2D eigenvalue weighted by molar-refractivity contribution is 5.95. The van der Waals surface area contributed by atoms with Crippen LogP contribution in [0.1, 0.15) is 29.3 Å². The van der Waals surface area contributed by atoms with Gasteiger partial charge in [-0.2, -0.15) is 0 Å². The zero-order valence-corrected chi connectivity index (χ0v) is 12.2. The van der Waals surface area contributed by atoms with Crippen LogP contribution in [-0.4, -0.2) is 36.4 Å². The van der Waals surface area contributed by atoms with E-state index in [0.29, 0.717) is 23.7 Å². The van der Waals surface area contributed by atoms with Crippen LogP contribution < -0.4 is 10.6 Å². The summed E-state index contributed by atoms with van der Waals surface area (Å²) in [6.07, 6.45) is 1.09. The van der Waals surface area contributed by atoms with E-state index in [1.165, 1.54) is 6.07 Å². The van der Waals surface area contributed by atoms with E-state index in [1.54, 1.807) is 19.1 Å². The van der Waals surface area contributed by atoms with Crippen molar-refractivity contribution < 1.29 is 19.4 Å². The second-order valence-corrected chi connectivity index (χ2v) is 5.24. The largest absolute Gasteiger partial charge is 0.478 e. The highest BCUT2D eigenvalue weighted by atomic mass is 16.5. The number of carboxylic acids is 1. The number of amides is 2. The molecule has 0 spiro atoms. The molecule has 1 aromatic carbocycles. The van der Waals surface area contributed by atoms with Crippen molar-refractivity contribution >= 4 is 17.7 Å². The molecule has 0 bridgehead atoms. The number of rotatable bonds is 4. The minimum Gasteiger partial charge on any atom is -0.478 e. The van der Waals surface area contributed by atoms with Crippen LogP contribution in [0, 0.1) is 12.8 Å². The number of carbonyl (C=O) groups excluding carboxylic acids is 1. The minimum atomic E-state index is -1.01. The van der Waals surface area contributed by atoms with Crippen molar-refractivity contribution in [2.75, 3.05) is 18.5 Å². The van der Waals surface area contributed by atoms with Gasteiger partial charge in [-0.25, -0.2) is 9.59 Å². The van der Waals surface area contributed by atoms with Crippen LogP contribution in [0.25, 0.3) is 0 Å². The van der Waals surface area contributed by atoms with Gasteiger partial charge in [-0.3, -0.25) is 0 Å². The van der Waals surface area contributed by atoms with Gasteiger partial charge in [0, 0.05) is 24.8 Å². The zero-order valence-electron chi connectivity index (χ0n) is 12.2. The molecule has 1 aliphatic rings. The van der Waals surface area contributed by atoms with Gasteiger partial charge in [0.25, 0.3) is 0 Å². The van der Waals surface area contributed by atoms with Crippen molar-refractivity contribution in [1.82, 2.24) is 5.32 Å². The molecule has 0 radical (unpaired) electrons. The molecule has 1 heterocycles. The summed E-state index contributed by atoms with van der Waals surface area (Å²) in [5, 5.41) is 14.6. The van der Waals surface area contributed by atoms with Gasteiger partial charge in [0.2, 0.25) is 0 Å². The first kappa shape index (κ1) is 15.3. The first-order valence-corrected chi connectivity index (χ1v) is 6.98. The second kappa shape index (κ2) is 6.58. The maximum absolute atomic E-state index is 11.9. The lowest BCUT2D eigenvalue weighted by Gasteiger charge is -2.16. The Morgan fingerprint density at radius 1 is 1.43 bits per heavy atom. The summed E-state index contributed by atoms with van der Waals surface area (Å²) in [6, 6.07) is 4.47. The van der Waals surface area contributed by atoms with Crippen molar-refractivity contribution in [3.05, 3.63) is 29.3 Å². The molecule has 1 fully saturated rings. The fraction of sp³-hybridized carbons (Fsp3) is 0.467. The van der Waals surface area contributed by atoms with Crippen LogP contribution in [-0.2, 0) is 4.74 Å². The Morgan fingerprint density at radius 3 is 2.81 bits per heavy atom. The van der Waals surface area contributed by atoms with E-state index < -0.39 is 5.97 Å². The summed E-state index contributed by atoms with van der Waals surface area (Å²) >= 11 is 0. The zero-order chi connectivity index (χ0) is 15.4. The van der Waals surface area contributed by atoms with E-state index in [2.05, 4.69) is 10.6 Å². The lowest BCUT2D eigenvalue weighted by atomic mass is 10.0. The molecule has 0 aromatic heterocycles. The quantitative estimate of drug-likeness (QED) is 0.794. The Morgan fingerprint density at radius 2 is 2.19 bits per heavy atom. The number of anilines is 1. The summed E-state index contributed by atoms with van der Waals surface area (Å²) in [6.45, 7) is 4.95. The van der Waals surface area contributed by atoms with E-state index in [4.69, 9.17) is 9.84 Å². The molecule has 21 heavy (non-hydrogen) atoms. The minimum absolute atomic E-state index is 0.155. The van der Waals surface area contributed by atoms with Crippen LogP contribution >= 0.6 is 0 Å². The van der Waals surface area contributed by atoms with Gasteiger partial charge < -0.3 is 20.5 Å². The maximum Gasteiger partial charge on any atom is 0.336 e. The van der Waals surface area contributed by atoms with E-state index in [1.807, 2.05) is 6.92 Å². The molecule has 3 N–H and O–H groups in total. The van der Waals surface area contributed by atoms with Crippen LogP contribution in [0.3, 0.4) is 0 Å². The summed E-state index contributed by atoms with van der Waals surface area (Å²) < 4.78 is 5.44. The molecule has 1 aromatic rings. The first-order chi connectivity index (χ1) is 9.99. The molecule has 2 amide bonds. The Balaban J connectivity index is 1.93. The average Bonchev–Trinajstić information content (AvgIpc) is 2.84. The molecule has 2 rings (SSSR count). The first-order valence-electron chi connectivity index (χ1n) is 6.98. The molecule has 0 saturated carbocycles. The van der Waals surface area contributed by atoms with Crippen molar-refractivity contribution in [3.8, 4) is 0 Å². The summed E-state index contributed by atoms with van der Waals surface area (Å²) in [4.78, 5) is 23.0. The fourth-order valence-corrected chi connectivity index (χ4v) is 2.44. The van der Waals surface area contributed by atoms with Gasteiger partial charge in [-0.1, -0.05) is 6.07 Å². The molecule has 1 aliphatic heterocycles. The molecule has 2 atom stereocenters. The second-order valence-electron chi connectivity index (χ2n) is 5.24. The monoisotopic (exact) mass is 292 g/mol. The average molecular weight is 292 g/mol. The van der Waals surface area contributed by atoms with Crippen LogP contribution in [0.15, 0.2) is 18.2 Å². The number of hydrogen-bond acceptors (Lipinski definition) is 3. The van der Waals surface area contributed by atoms with Crippen LogP contribution in [0.4, 0.5) is 10.5 Å². The van der Waals surface area contributed by atoms with Gasteiger partial charge in [-0.05, 0) is 38.0 Å². The normalized spacial score (nSPS) is 21.0. The third kappa shape index (κ3) is 3.72. The van der Waals surface area contributed by atoms with E-state index >= 15 is 0 Å². The van der Waals surface area contributed by atoms with E-state index in [0.717, 1.165) is 13.0 Å². The standard InChI is InChI=1S/C15H20N2O4/c1-9-12(14(18)19)4-3-5-13(9)17-15(20)16-8-11-6-7-21-10(11)2/h3-5,10-11H,6-8H2,1-2H3,(H,18,19)(H2,16,17,20).